The Morgan fingerprint density at radius 3 is 2.58 bits per heavy atom. The number of amides is 1. The third-order valence-electron chi connectivity index (χ3n) is 7.43. The number of carbonyl (C=O) groups is 1. The molecule has 198 valence electrons. The molecule has 1 fully saturated rings. The first-order valence-electron chi connectivity index (χ1n) is 12.9. The number of hydrogen-bond acceptors (Lipinski definition) is 6. The molecule has 0 saturated heterocycles. The topological polar surface area (TPSA) is 113 Å². The third kappa shape index (κ3) is 5.58. The van der Waals surface area contributed by atoms with Crippen LogP contribution in [0.3, 0.4) is 0 Å². The van der Waals surface area contributed by atoms with Crippen molar-refractivity contribution in [2.45, 2.75) is 64.8 Å². The average molecular weight is 517 g/mol. The van der Waals surface area contributed by atoms with Gasteiger partial charge in [-0.1, -0.05) is 13.0 Å². The van der Waals surface area contributed by atoms with E-state index in [0.29, 0.717) is 5.82 Å². The quantitative estimate of drug-likeness (QED) is 0.311. The largest absolute Gasteiger partial charge is 0.349 e. The van der Waals surface area contributed by atoms with E-state index in [2.05, 4.69) is 50.8 Å². The zero-order valence-electron chi connectivity index (χ0n) is 22.1. The van der Waals surface area contributed by atoms with Crippen molar-refractivity contribution < 1.29 is 9.18 Å². The summed E-state index contributed by atoms with van der Waals surface area (Å²) in [5.41, 5.74) is 3.95. The SMILES string of the molecule is Cc1cc(Nc2cc(C)[nH]n2)nc(C2(C)CCC(C(=O)N[C@@H](C)c3ccc(-n4cc(F)cn4)nc3)CC2)c1. The van der Waals surface area contributed by atoms with Crippen LogP contribution in [-0.4, -0.2) is 35.9 Å². The summed E-state index contributed by atoms with van der Waals surface area (Å²) in [5, 5.41) is 17.6. The smallest absolute Gasteiger partial charge is 0.223 e. The number of nitrogens with zero attached hydrogens (tertiary/aromatic N) is 5. The summed E-state index contributed by atoms with van der Waals surface area (Å²) < 4.78 is 14.6. The zero-order chi connectivity index (χ0) is 26.9. The molecule has 38 heavy (non-hydrogen) atoms. The number of halogens is 1. The van der Waals surface area contributed by atoms with E-state index in [0.717, 1.165) is 66.0 Å². The average Bonchev–Trinajstić information content (AvgIpc) is 3.51. The minimum Gasteiger partial charge on any atom is -0.349 e. The van der Waals surface area contributed by atoms with Crippen LogP contribution in [0.15, 0.2) is 48.9 Å². The molecule has 4 heterocycles. The first kappa shape index (κ1) is 25.6. The molecule has 1 saturated carbocycles. The Labute approximate surface area is 221 Å². The maximum absolute atomic E-state index is 13.2. The van der Waals surface area contributed by atoms with E-state index < -0.39 is 5.82 Å². The van der Waals surface area contributed by atoms with Crippen molar-refractivity contribution >= 4 is 17.5 Å². The van der Waals surface area contributed by atoms with Crippen LogP contribution in [0.1, 0.15) is 68.1 Å². The second kappa shape index (κ2) is 10.4. The number of aromatic nitrogens is 6. The highest BCUT2D eigenvalue weighted by Gasteiger charge is 2.36. The molecule has 0 spiro atoms. The van der Waals surface area contributed by atoms with Crippen LogP contribution in [0.5, 0.6) is 0 Å². The van der Waals surface area contributed by atoms with Gasteiger partial charge in [0, 0.05) is 35.0 Å². The predicted molar refractivity (Wildman–Crippen MR) is 143 cm³/mol. The Morgan fingerprint density at radius 1 is 1.16 bits per heavy atom. The summed E-state index contributed by atoms with van der Waals surface area (Å²) in [6, 6.07) is 9.57. The molecule has 1 amide bonds. The van der Waals surface area contributed by atoms with Gasteiger partial charge >= 0.3 is 0 Å². The number of anilines is 2. The van der Waals surface area contributed by atoms with Crippen LogP contribution in [0, 0.1) is 25.6 Å². The molecule has 5 rings (SSSR count). The standard InChI is InChI=1S/C28H33FN8O/c1-17-11-23(33-24(12-17)34-25-13-18(2)35-36-25)28(4)9-7-20(8-10-28)27(38)32-19(3)21-5-6-26(30-14-21)37-16-22(29)15-31-37/h5-6,11-16,19-20H,7-10H2,1-4H3,(H,32,38)(H2,33,34,35,36)/t19-,20?,28?/m0/s1. The summed E-state index contributed by atoms with van der Waals surface area (Å²) in [4.78, 5) is 22.4. The van der Waals surface area contributed by atoms with Crippen molar-refractivity contribution in [3.8, 4) is 5.82 Å². The lowest BCUT2D eigenvalue weighted by molar-refractivity contribution is -0.127. The van der Waals surface area contributed by atoms with Crippen LogP contribution in [0.2, 0.25) is 0 Å². The first-order valence-corrected chi connectivity index (χ1v) is 12.9. The molecule has 4 aromatic rings. The summed E-state index contributed by atoms with van der Waals surface area (Å²) >= 11 is 0. The van der Waals surface area contributed by atoms with Crippen LogP contribution in [0.4, 0.5) is 16.0 Å². The summed E-state index contributed by atoms with van der Waals surface area (Å²) in [6.07, 6.45) is 7.47. The molecular weight excluding hydrogens is 483 g/mol. The Morgan fingerprint density at radius 2 is 1.95 bits per heavy atom. The highest BCUT2D eigenvalue weighted by molar-refractivity contribution is 5.79. The van der Waals surface area contributed by atoms with Crippen molar-refractivity contribution in [1.29, 1.82) is 0 Å². The van der Waals surface area contributed by atoms with Gasteiger partial charge < -0.3 is 10.6 Å². The van der Waals surface area contributed by atoms with Crippen molar-refractivity contribution in [3.63, 3.8) is 0 Å². The Balaban J connectivity index is 1.19. The maximum Gasteiger partial charge on any atom is 0.223 e. The number of aromatic amines is 1. The van der Waals surface area contributed by atoms with Gasteiger partial charge in [-0.3, -0.25) is 9.89 Å². The van der Waals surface area contributed by atoms with E-state index in [1.165, 1.54) is 10.9 Å². The second-order valence-electron chi connectivity index (χ2n) is 10.6. The Hall–Kier alpha value is -4.08. The van der Waals surface area contributed by atoms with Crippen LogP contribution < -0.4 is 10.6 Å². The van der Waals surface area contributed by atoms with Crippen molar-refractivity contribution in [2.24, 2.45) is 5.92 Å². The summed E-state index contributed by atoms with van der Waals surface area (Å²) in [5.74, 6) is 1.64. The molecular formula is C28H33FN8O. The van der Waals surface area contributed by atoms with Crippen LogP contribution in [0.25, 0.3) is 5.82 Å². The molecule has 4 aromatic heterocycles. The molecule has 0 aliphatic heterocycles. The van der Waals surface area contributed by atoms with Crippen LogP contribution in [-0.2, 0) is 10.2 Å². The number of rotatable bonds is 7. The van der Waals surface area contributed by atoms with Gasteiger partial charge in [0.05, 0.1) is 18.4 Å². The number of H-pyrrole nitrogens is 1. The fourth-order valence-corrected chi connectivity index (χ4v) is 5.06. The van der Waals surface area contributed by atoms with Gasteiger partial charge in [0.25, 0.3) is 0 Å². The van der Waals surface area contributed by atoms with Gasteiger partial charge in [0.15, 0.2) is 17.5 Å². The molecule has 1 aliphatic carbocycles. The molecule has 3 N–H and O–H groups in total. The summed E-state index contributed by atoms with van der Waals surface area (Å²) in [7, 11) is 0. The highest BCUT2D eigenvalue weighted by atomic mass is 19.1. The Kier molecular flexibility index (Phi) is 6.96. The molecule has 1 atom stereocenters. The van der Waals surface area contributed by atoms with Gasteiger partial charge in [-0.25, -0.2) is 19.0 Å². The van der Waals surface area contributed by atoms with Crippen molar-refractivity contribution in [2.75, 3.05) is 5.32 Å². The lowest BCUT2D eigenvalue weighted by Crippen LogP contribution is -2.38. The minimum atomic E-state index is -0.417. The molecule has 0 bridgehead atoms. The fraction of sp³-hybridized carbons (Fsp3) is 0.393. The predicted octanol–water partition coefficient (Wildman–Crippen LogP) is 5.21. The summed E-state index contributed by atoms with van der Waals surface area (Å²) in [6.45, 7) is 8.22. The number of aryl methyl sites for hydroxylation is 2. The number of pyridine rings is 2. The van der Waals surface area contributed by atoms with Gasteiger partial charge in [0.2, 0.25) is 5.91 Å². The van der Waals surface area contributed by atoms with Gasteiger partial charge in [-0.05, 0) is 75.8 Å². The minimum absolute atomic E-state index is 0.0424. The van der Waals surface area contributed by atoms with E-state index in [1.807, 2.05) is 32.0 Å². The van der Waals surface area contributed by atoms with Crippen molar-refractivity contribution in [3.05, 3.63) is 77.3 Å². The van der Waals surface area contributed by atoms with E-state index in [9.17, 15) is 9.18 Å². The molecule has 0 unspecified atom stereocenters. The van der Waals surface area contributed by atoms with Crippen LogP contribution >= 0.6 is 0 Å². The van der Waals surface area contributed by atoms with Gasteiger partial charge in [-0.2, -0.15) is 10.2 Å². The van der Waals surface area contributed by atoms with E-state index in [-0.39, 0.29) is 23.3 Å². The first-order chi connectivity index (χ1) is 18.2. The lowest BCUT2D eigenvalue weighted by Gasteiger charge is -2.37. The molecule has 1 aliphatic rings. The molecule has 10 heteroatoms. The second-order valence-corrected chi connectivity index (χ2v) is 10.6. The van der Waals surface area contributed by atoms with E-state index in [4.69, 9.17) is 4.98 Å². The number of hydrogen-bond donors (Lipinski definition) is 3. The molecule has 0 radical (unpaired) electrons. The van der Waals surface area contributed by atoms with E-state index >= 15 is 0 Å². The van der Waals surface area contributed by atoms with E-state index in [1.54, 1.807) is 12.3 Å². The van der Waals surface area contributed by atoms with Gasteiger partial charge in [-0.15, -0.1) is 0 Å². The van der Waals surface area contributed by atoms with Gasteiger partial charge in [0.1, 0.15) is 5.82 Å². The highest BCUT2D eigenvalue weighted by Crippen LogP contribution is 2.41. The van der Waals surface area contributed by atoms with Crippen molar-refractivity contribution in [1.82, 2.24) is 35.3 Å². The molecule has 9 nitrogen and oxygen atoms in total. The number of carbonyl (C=O) groups excluding carboxylic acids is 1. The maximum atomic E-state index is 13.2. The third-order valence-corrected chi connectivity index (χ3v) is 7.43. The molecule has 0 aromatic carbocycles. The Bertz CT molecular complexity index is 1420. The lowest BCUT2D eigenvalue weighted by atomic mass is 9.69. The zero-order valence-corrected chi connectivity index (χ0v) is 22.1. The normalized spacial score (nSPS) is 20.2. The monoisotopic (exact) mass is 516 g/mol. The fourth-order valence-electron chi connectivity index (χ4n) is 5.06. The number of nitrogens with one attached hydrogen (secondary N) is 3.